The molecule has 0 N–H and O–H groups in total. The molecule has 41 heavy (non-hydrogen) atoms. The lowest BCUT2D eigenvalue weighted by Gasteiger charge is -2.18. The van der Waals surface area contributed by atoms with Crippen LogP contribution in [-0.4, -0.2) is 65.9 Å². The van der Waals surface area contributed by atoms with Gasteiger partial charge in [-0.25, -0.2) is 4.68 Å². The number of carbonyl (C=O) groups is 3. The first-order valence-electron chi connectivity index (χ1n) is 15.9. The molecule has 1 unspecified atom stereocenters. The van der Waals surface area contributed by atoms with Gasteiger partial charge in [0.25, 0.3) is 0 Å². The molecule has 1 atom stereocenters. The summed E-state index contributed by atoms with van der Waals surface area (Å²) in [5.41, 5.74) is 0.623. The smallest absolute Gasteiger partial charge is 0.306 e. The zero-order valence-corrected chi connectivity index (χ0v) is 25.9. The monoisotopic (exact) mass is 581 g/mol. The number of esters is 3. The Bertz CT molecular complexity index is 815. The van der Waals surface area contributed by atoms with Crippen LogP contribution in [0.1, 0.15) is 129 Å². The molecule has 10 heteroatoms. The number of ether oxygens (including phenoxy) is 4. The van der Waals surface area contributed by atoms with E-state index in [2.05, 4.69) is 24.2 Å². The lowest BCUT2D eigenvalue weighted by molar-refractivity contribution is -0.160. The van der Waals surface area contributed by atoms with Gasteiger partial charge in [0.05, 0.1) is 25.3 Å². The number of methoxy groups -OCH3 is 1. The quantitative estimate of drug-likeness (QED) is 0.0686. The fourth-order valence-electron chi connectivity index (χ4n) is 4.37. The fourth-order valence-corrected chi connectivity index (χ4v) is 4.37. The SMILES string of the molecule is CCCCCCCCCC(=O)OCC(Cn1cc(CCC(=O)OCCOC)nn1)OC(=O)CCCCCCCCC. The van der Waals surface area contributed by atoms with Gasteiger partial charge in [-0.2, -0.15) is 0 Å². The first kappa shape index (κ1) is 36.5. The van der Waals surface area contributed by atoms with E-state index in [1.54, 1.807) is 18.0 Å². The Balaban J connectivity index is 2.52. The van der Waals surface area contributed by atoms with E-state index in [1.807, 2.05) is 0 Å². The second-order valence-electron chi connectivity index (χ2n) is 10.7. The summed E-state index contributed by atoms with van der Waals surface area (Å²) in [4.78, 5) is 36.7. The number of rotatable bonds is 27. The minimum Gasteiger partial charge on any atom is -0.463 e. The van der Waals surface area contributed by atoms with Crippen LogP contribution in [0.3, 0.4) is 0 Å². The highest BCUT2D eigenvalue weighted by molar-refractivity contribution is 5.70. The van der Waals surface area contributed by atoms with Crippen molar-refractivity contribution in [2.75, 3.05) is 26.9 Å². The molecule has 1 rings (SSSR count). The second-order valence-corrected chi connectivity index (χ2v) is 10.7. The van der Waals surface area contributed by atoms with Crippen molar-refractivity contribution in [2.24, 2.45) is 0 Å². The third kappa shape index (κ3) is 21.0. The molecule has 0 fully saturated rings. The van der Waals surface area contributed by atoms with E-state index in [4.69, 9.17) is 18.9 Å². The molecule has 0 saturated heterocycles. The Hall–Kier alpha value is -2.49. The van der Waals surface area contributed by atoms with Crippen LogP contribution in [0.25, 0.3) is 0 Å². The molecule has 236 valence electrons. The molecule has 0 bridgehead atoms. The third-order valence-corrected chi connectivity index (χ3v) is 6.81. The minimum atomic E-state index is -0.668. The summed E-state index contributed by atoms with van der Waals surface area (Å²) in [6.07, 6.45) is 18.0. The Kier molecular flexibility index (Phi) is 22.5. The van der Waals surface area contributed by atoms with Crippen molar-refractivity contribution in [1.29, 1.82) is 0 Å². The highest BCUT2D eigenvalue weighted by atomic mass is 16.6. The van der Waals surface area contributed by atoms with Crippen LogP contribution in [0.2, 0.25) is 0 Å². The van der Waals surface area contributed by atoms with Crippen molar-refractivity contribution in [2.45, 2.75) is 142 Å². The first-order valence-corrected chi connectivity index (χ1v) is 15.9. The standard InChI is InChI=1S/C31H55N3O7/c1-4-6-8-10-12-14-16-18-29(35)40-26-28(41-31(37)19-17-15-13-11-9-7-5-2)25-34-24-27(32-33-34)20-21-30(36)39-23-22-38-3/h24,28H,4-23,25-26H2,1-3H3. The van der Waals surface area contributed by atoms with Crippen LogP contribution in [0.4, 0.5) is 0 Å². The van der Waals surface area contributed by atoms with Crippen LogP contribution in [0.15, 0.2) is 6.20 Å². The summed E-state index contributed by atoms with van der Waals surface area (Å²) in [5.74, 6) is -0.912. The molecule has 0 amide bonds. The fraction of sp³-hybridized carbons (Fsp3) is 0.839. The topological polar surface area (TPSA) is 119 Å². The van der Waals surface area contributed by atoms with Gasteiger partial charge in [-0.3, -0.25) is 14.4 Å². The molecule has 0 aliphatic heterocycles. The van der Waals surface area contributed by atoms with Crippen LogP contribution >= 0.6 is 0 Å². The predicted octanol–water partition coefficient (Wildman–Crippen LogP) is 6.14. The molecule has 1 heterocycles. The summed E-state index contributed by atoms with van der Waals surface area (Å²) >= 11 is 0. The Labute approximate surface area is 247 Å². The van der Waals surface area contributed by atoms with Gasteiger partial charge in [-0.15, -0.1) is 5.10 Å². The summed E-state index contributed by atoms with van der Waals surface area (Å²) in [6.45, 7) is 5.14. The van der Waals surface area contributed by atoms with E-state index in [0.717, 1.165) is 38.5 Å². The lowest BCUT2D eigenvalue weighted by atomic mass is 10.1. The van der Waals surface area contributed by atoms with Gasteiger partial charge in [0.2, 0.25) is 0 Å². The normalized spacial score (nSPS) is 11.8. The van der Waals surface area contributed by atoms with Crippen molar-refractivity contribution in [1.82, 2.24) is 15.0 Å². The zero-order chi connectivity index (χ0) is 30.0. The maximum absolute atomic E-state index is 12.6. The molecule has 10 nitrogen and oxygen atoms in total. The maximum Gasteiger partial charge on any atom is 0.306 e. The highest BCUT2D eigenvalue weighted by Gasteiger charge is 2.19. The number of carbonyl (C=O) groups excluding carboxylic acids is 3. The molecule has 0 spiro atoms. The van der Waals surface area contributed by atoms with Crippen molar-refractivity contribution < 1.29 is 33.3 Å². The van der Waals surface area contributed by atoms with Gasteiger partial charge >= 0.3 is 17.9 Å². The Morgan fingerprint density at radius 1 is 0.732 bits per heavy atom. The van der Waals surface area contributed by atoms with Crippen molar-refractivity contribution >= 4 is 17.9 Å². The Morgan fingerprint density at radius 2 is 1.29 bits per heavy atom. The van der Waals surface area contributed by atoms with Gasteiger partial charge in [-0.05, 0) is 12.8 Å². The summed E-state index contributed by atoms with van der Waals surface area (Å²) in [5, 5.41) is 8.22. The number of aryl methyl sites for hydroxylation is 1. The molecule has 1 aromatic rings. The number of aromatic nitrogens is 3. The van der Waals surface area contributed by atoms with E-state index >= 15 is 0 Å². The number of hydrogen-bond acceptors (Lipinski definition) is 9. The van der Waals surface area contributed by atoms with E-state index in [1.165, 1.54) is 51.4 Å². The largest absolute Gasteiger partial charge is 0.463 e. The number of unbranched alkanes of at least 4 members (excludes halogenated alkanes) is 12. The summed E-state index contributed by atoms with van der Waals surface area (Å²) in [6, 6.07) is 0. The van der Waals surface area contributed by atoms with Gasteiger partial charge in [0.1, 0.15) is 13.2 Å². The Morgan fingerprint density at radius 3 is 1.90 bits per heavy atom. The minimum absolute atomic E-state index is 0.0287. The molecule has 0 saturated carbocycles. The summed E-state index contributed by atoms with van der Waals surface area (Å²) < 4.78 is 22.7. The maximum atomic E-state index is 12.6. The van der Waals surface area contributed by atoms with Crippen LogP contribution in [0, 0.1) is 0 Å². The molecule has 0 aliphatic rings. The van der Waals surface area contributed by atoms with Crippen LogP contribution < -0.4 is 0 Å². The molecule has 0 radical (unpaired) electrons. The predicted molar refractivity (Wildman–Crippen MR) is 157 cm³/mol. The van der Waals surface area contributed by atoms with E-state index < -0.39 is 6.10 Å². The lowest BCUT2D eigenvalue weighted by Crippen LogP contribution is -2.30. The highest BCUT2D eigenvalue weighted by Crippen LogP contribution is 2.12. The average Bonchev–Trinajstić information content (AvgIpc) is 3.41. The van der Waals surface area contributed by atoms with Gasteiger partial charge in [0, 0.05) is 32.6 Å². The van der Waals surface area contributed by atoms with Gasteiger partial charge < -0.3 is 18.9 Å². The van der Waals surface area contributed by atoms with E-state index in [9.17, 15) is 14.4 Å². The van der Waals surface area contributed by atoms with Crippen molar-refractivity contribution in [3.63, 3.8) is 0 Å². The molecule has 0 aliphatic carbocycles. The van der Waals surface area contributed by atoms with Crippen molar-refractivity contribution in [3.8, 4) is 0 Å². The van der Waals surface area contributed by atoms with Crippen LogP contribution in [-0.2, 0) is 46.3 Å². The van der Waals surface area contributed by atoms with Gasteiger partial charge in [-0.1, -0.05) is 96.1 Å². The molecular weight excluding hydrogens is 526 g/mol. The number of nitrogens with zero attached hydrogens (tertiary/aromatic N) is 3. The summed E-state index contributed by atoms with van der Waals surface area (Å²) in [7, 11) is 1.55. The van der Waals surface area contributed by atoms with Crippen molar-refractivity contribution in [3.05, 3.63) is 11.9 Å². The molecule has 0 aromatic carbocycles. The third-order valence-electron chi connectivity index (χ3n) is 6.81. The zero-order valence-electron chi connectivity index (χ0n) is 25.9. The van der Waals surface area contributed by atoms with E-state index in [0.29, 0.717) is 31.6 Å². The van der Waals surface area contributed by atoms with Crippen LogP contribution in [0.5, 0.6) is 0 Å². The second kappa shape index (κ2) is 25.2. The molecule has 1 aromatic heterocycles. The molecular formula is C31H55N3O7. The van der Waals surface area contributed by atoms with E-state index in [-0.39, 0.29) is 44.1 Å². The number of hydrogen-bond donors (Lipinski definition) is 0. The average molecular weight is 582 g/mol. The van der Waals surface area contributed by atoms with Gasteiger partial charge in [0.15, 0.2) is 6.10 Å². The first-order chi connectivity index (χ1) is 20.0.